The molecule has 0 radical (unpaired) electrons. The summed E-state index contributed by atoms with van der Waals surface area (Å²) in [6.07, 6.45) is -0.131. The molecule has 16 heavy (non-hydrogen) atoms. The molecule has 0 fully saturated rings. The van der Waals surface area contributed by atoms with E-state index in [9.17, 15) is 14.9 Å². The first kappa shape index (κ1) is 12.0. The summed E-state index contributed by atoms with van der Waals surface area (Å²) in [4.78, 5) is 21.3. The van der Waals surface area contributed by atoms with Crippen LogP contribution < -0.4 is 5.73 Å². The Labute approximate surface area is 92.2 Å². The van der Waals surface area contributed by atoms with Crippen molar-refractivity contribution in [1.29, 1.82) is 0 Å². The summed E-state index contributed by atoms with van der Waals surface area (Å²) in [7, 11) is 1.23. The average Bonchev–Trinajstić information content (AvgIpc) is 2.22. The second-order valence-electron chi connectivity index (χ2n) is 3.35. The molecule has 0 spiro atoms. The average molecular weight is 224 g/mol. The highest BCUT2D eigenvalue weighted by Crippen LogP contribution is 2.25. The lowest BCUT2D eigenvalue weighted by atomic mass is 10.0. The second kappa shape index (κ2) is 4.61. The maximum Gasteiger partial charge on any atom is 0.310 e. The van der Waals surface area contributed by atoms with Gasteiger partial charge in [-0.3, -0.25) is 14.9 Å². The molecule has 0 heterocycles. The van der Waals surface area contributed by atoms with E-state index in [1.807, 2.05) is 0 Å². The molecule has 1 aromatic carbocycles. The summed E-state index contributed by atoms with van der Waals surface area (Å²) in [5, 5.41) is 10.8. The maximum absolute atomic E-state index is 11.1. The van der Waals surface area contributed by atoms with Gasteiger partial charge in [0.1, 0.15) is 0 Å². The van der Waals surface area contributed by atoms with Gasteiger partial charge < -0.3 is 10.5 Å². The number of hydrogen-bond donors (Lipinski definition) is 1. The summed E-state index contributed by atoms with van der Waals surface area (Å²) in [5.41, 5.74) is 6.75. The van der Waals surface area contributed by atoms with Crippen molar-refractivity contribution in [3.8, 4) is 0 Å². The van der Waals surface area contributed by atoms with E-state index in [1.165, 1.54) is 19.2 Å². The van der Waals surface area contributed by atoms with Crippen LogP contribution in [0.5, 0.6) is 0 Å². The van der Waals surface area contributed by atoms with Crippen LogP contribution in [0.15, 0.2) is 12.1 Å². The van der Waals surface area contributed by atoms with E-state index in [0.717, 1.165) is 0 Å². The van der Waals surface area contributed by atoms with Crippen molar-refractivity contribution in [2.45, 2.75) is 13.3 Å². The molecule has 0 aromatic heterocycles. The Hall–Kier alpha value is -2.11. The Balaban J connectivity index is 3.19. The number of benzene rings is 1. The van der Waals surface area contributed by atoms with Crippen molar-refractivity contribution in [3.63, 3.8) is 0 Å². The second-order valence-corrected chi connectivity index (χ2v) is 3.35. The van der Waals surface area contributed by atoms with E-state index in [2.05, 4.69) is 4.74 Å². The summed E-state index contributed by atoms with van der Waals surface area (Å²) in [5.74, 6) is -0.521. The van der Waals surface area contributed by atoms with Gasteiger partial charge in [0.15, 0.2) is 0 Å². The number of esters is 1. The summed E-state index contributed by atoms with van der Waals surface area (Å²) in [6, 6.07) is 2.79. The Morgan fingerprint density at radius 2 is 2.19 bits per heavy atom. The molecule has 1 rings (SSSR count). The van der Waals surface area contributed by atoms with Gasteiger partial charge in [0.05, 0.1) is 18.5 Å². The van der Waals surface area contributed by atoms with Gasteiger partial charge in [0.2, 0.25) is 0 Å². The van der Waals surface area contributed by atoms with Crippen molar-refractivity contribution in [2.75, 3.05) is 12.8 Å². The Bertz CT molecular complexity index is 443. The van der Waals surface area contributed by atoms with E-state index < -0.39 is 10.9 Å². The number of aryl methyl sites for hydroxylation is 1. The fraction of sp³-hybridized carbons (Fsp3) is 0.300. The molecule has 86 valence electrons. The molecule has 0 aliphatic rings. The lowest BCUT2D eigenvalue weighted by Gasteiger charge is -2.05. The summed E-state index contributed by atoms with van der Waals surface area (Å²) >= 11 is 0. The third kappa shape index (κ3) is 2.47. The first-order valence-corrected chi connectivity index (χ1v) is 4.56. The molecule has 6 heteroatoms. The van der Waals surface area contributed by atoms with Gasteiger partial charge >= 0.3 is 5.97 Å². The third-order valence-corrected chi connectivity index (χ3v) is 2.23. The minimum atomic E-state index is -0.561. The number of carbonyl (C=O) groups is 1. The number of nitrogen functional groups attached to an aromatic ring is 1. The van der Waals surface area contributed by atoms with Gasteiger partial charge in [0.25, 0.3) is 5.69 Å². The van der Waals surface area contributed by atoms with Gasteiger partial charge in [-0.15, -0.1) is 0 Å². The van der Waals surface area contributed by atoms with Crippen LogP contribution in [0.1, 0.15) is 11.1 Å². The molecule has 0 unspecified atom stereocenters. The van der Waals surface area contributed by atoms with Gasteiger partial charge in [-0.1, -0.05) is 0 Å². The van der Waals surface area contributed by atoms with Gasteiger partial charge in [-0.25, -0.2) is 0 Å². The number of nitro groups is 1. The highest BCUT2D eigenvalue weighted by Gasteiger charge is 2.18. The van der Waals surface area contributed by atoms with Crippen molar-refractivity contribution >= 4 is 17.3 Å². The number of hydrogen-bond acceptors (Lipinski definition) is 5. The van der Waals surface area contributed by atoms with E-state index in [1.54, 1.807) is 6.92 Å². The van der Waals surface area contributed by atoms with Crippen LogP contribution in [0.4, 0.5) is 11.4 Å². The molecular weight excluding hydrogens is 212 g/mol. The third-order valence-electron chi connectivity index (χ3n) is 2.23. The van der Waals surface area contributed by atoms with Crippen molar-refractivity contribution in [1.82, 2.24) is 0 Å². The van der Waals surface area contributed by atoms with Crippen LogP contribution >= 0.6 is 0 Å². The predicted molar refractivity (Wildman–Crippen MR) is 58.0 cm³/mol. The molecule has 0 atom stereocenters. The Kier molecular flexibility index (Phi) is 3.44. The predicted octanol–water partition coefficient (Wildman–Crippen LogP) is 1.20. The minimum Gasteiger partial charge on any atom is -0.469 e. The van der Waals surface area contributed by atoms with Gasteiger partial charge in [-0.2, -0.15) is 0 Å². The van der Waals surface area contributed by atoms with E-state index >= 15 is 0 Å². The fourth-order valence-corrected chi connectivity index (χ4v) is 1.31. The van der Waals surface area contributed by atoms with E-state index in [4.69, 9.17) is 5.73 Å². The first-order valence-electron chi connectivity index (χ1n) is 4.56. The molecule has 6 nitrogen and oxygen atoms in total. The number of nitro benzene ring substituents is 1. The molecule has 0 aliphatic carbocycles. The Morgan fingerprint density at radius 1 is 1.56 bits per heavy atom. The maximum atomic E-state index is 11.1. The lowest BCUT2D eigenvalue weighted by Crippen LogP contribution is -2.08. The van der Waals surface area contributed by atoms with Crippen LogP contribution in [0, 0.1) is 17.0 Å². The topological polar surface area (TPSA) is 95.5 Å². The molecule has 0 saturated heterocycles. The fourth-order valence-electron chi connectivity index (χ4n) is 1.31. The zero-order valence-corrected chi connectivity index (χ0v) is 9.02. The molecule has 0 amide bonds. The van der Waals surface area contributed by atoms with Crippen LogP contribution in [-0.4, -0.2) is 18.0 Å². The zero-order valence-electron chi connectivity index (χ0n) is 9.02. The largest absolute Gasteiger partial charge is 0.469 e. The zero-order chi connectivity index (χ0) is 12.3. The normalized spacial score (nSPS) is 9.88. The highest BCUT2D eigenvalue weighted by atomic mass is 16.6. The van der Waals surface area contributed by atoms with E-state index in [0.29, 0.717) is 16.8 Å². The van der Waals surface area contributed by atoms with Crippen molar-refractivity contribution < 1.29 is 14.5 Å². The molecule has 0 aliphatic heterocycles. The van der Waals surface area contributed by atoms with Crippen molar-refractivity contribution in [2.24, 2.45) is 0 Å². The molecular formula is C10H12N2O4. The molecule has 1 aromatic rings. The standard InChI is InChI=1S/C10H12N2O4/c1-6-3-7(4-10(13)16-2)9(12(14)15)5-8(6)11/h3,5H,4,11H2,1-2H3. The Morgan fingerprint density at radius 3 is 2.69 bits per heavy atom. The van der Waals surface area contributed by atoms with Crippen LogP contribution in [-0.2, 0) is 16.0 Å². The van der Waals surface area contributed by atoms with Gasteiger partial charge in [0, 0.05) is 17.3 Å². The van der Waals surface area contributed by atoms with Crippen LogP contribution in [0.25, 0.3) is 0 Å². The first-order chi connectivity index (χ1) is 7.45. The minimum absolute atomic E-state index is 0.131. The lowest BCUT2D eigenvalue weighted by molar-refractivity contribution is -0.385. The number of nitrogens with zero attached hydrogens (tertiary/aromatic N) is 1. The molecule has 0 saturated carbocycles. The molecule has 2 N–H and O–H groups in total. The number of anilines is 1. The van der Waals surface area contributed by atoms with Crippen LogP contribution in [0.3, 0.4) is 0 Å². The summed E-state index contributed by atoms with van der Waals surface area (Å²) in [6.45, 7) is 1.72. The number of carbonyl (C=O) groups excluding carboxylic acids is 1. The SMILES string of the molecule is COC(=O)Cc1cc(C)c(N)cc1[N+](=O)[O-]. The highest BCUT2D eigenvalue weighted by molar-refractivity contribution is 5.75. The number of rotatable bonds is 3. The smallest absolute Gasteiger partial charge is 0.310 e. The van der Waals surface area contributed by atoms with Crippen molar-refractivity contribution in [3.05, 3.63) is 33.4 Å². The summed E-state index contributed by atoms with van der Waals surface area (Å²) < 4.78 is 4.47. The number of ether oxygens (including phenoxy) is 1. The number of methoxy groups -OCH3 is 1. The quantitative estimate of drug-likeness (QED) is 0.360. The van der Waals surface area contributed by atoms with Crippen LogP contribution in [0.2, 0.25) is 0 Å². The van der Waals surface area contributed by atoms with Gasteiger partial charge in [-0.05, 0) is 18.6 Å². The number of nitrogens with two attached hydrogens (primary N) is 1. The monoisotopic (exact) mass is 224 g/mol. The molecule has 0 bridgehead atoms. The van der Waals surface area contributed by atoms with E-state index in [-0.39, 0.29) is 12.1 Å².